The van der Waals surface area contributed by atoms with Gasteiger partial charge in [-0.15, -0.1) is 0 Å². The van der Waals surface area contributed by atoms with Crippen LogP contribution >= 0.6 is 0 Å². The monoisotopic (exact) mass is 360 g/mol. The molecule has 1 aromatic carbocycles. The molecule has 8 heteroatoms. The van der Waals surface area contributed by atoms with Gasteiger partial charge in [-0.25, -0.2) is 0 Å². The first-order chi connectivity index (χ1) is 12.5. The zero-order valence-electron chi connectivity index (χ0n) is 13.8. The van der Waals surface area contributed by atoms with E-state index in [4.69, 9.17) is 4.74 Å². The lowest BCUT2D eigenvalue weighted by molar-refractivity contribution is -0.120. The topological polar surface area (TPSA) is 122 Å². The molecule has 0 bridgehead atoms. The molecule has 3 aliphatic rings. The van der Waals surface area contributed by atoms with Crippen LogP contribution in [0.4, 0.5) is 0 Å². The smallest absolute Gasteiger partial charge is 0.251 e. The van der Waals surface area contributed by atoms with E-state index in [1.165, 1.54) is 11.1 Å². The van der Waals surface area contributed by atoms with Crippen LogP contribution in [0.1, 0.15) is 5.56 Å². The highest BCUT2D eigenvalue weighted by atomic mass is 16.6. The van der Waals surface area contributed by atoms with Crippen molar-refractivity contribution in [2.24, 2.45) is 5.92 Å². The van der Waals surface area contributed by atoms with Gasteiger partial charge < -0.3 is 35.4 Å². The molecule has 8 nitrogen and oxygen atoms in total. The third-order valence-corrected chi connectivity index (χ3v) is 5.12. The predicted molar refractivity (Wildman–Crippen MR) is 88.8 cm³/mol. The largest absolute Gasteiger partial charge is 0.394 e. The average Bonchev–Trinajstić information content (AvgIpc) is 3.10. The van der Waals surface area contributed by atoms with E-state index in [0.29, 0.717) is 11.1 Å². The molecule has 2 saturated heterocycles. The third-order valence-electron chi connectivity index (χ3n) is 5.12. The number of carbonyl (C=O) groups excluding carboxylic acids is 1. The van der Waals surface area contributed by atoms with Gasteiger partial charge in [0.05, 0.1) is 12.5 Å². The summed E-state index contributed by atoms with van der Waals surface area (Å²) in [5.41, 5.74) is -0.681. The molecule has 5 N–H and O–H groups in total. The summed E-state index contributed by atoms with van der Waals surface area (Å²) in [4.78, 5) is 13.9. The Kier molecular flexibility index (Phi) is 4.09. The number of benzene rings is 1. The van der Waals surface area contributed by atoms with Crippen molar-refractivity contribution in [2.75, 3.05) is 6.61 Å². The molecule has 26 heavy (non-hydrogen) atoms. The van der Waals surface area contributed by atoms with Crippen molar-refractivity contribution in [1.29, 1.82) is 0 Å². The Balaban J connectivity index is 1.63. The Bertz CT molecular complexity index is 766. The summed E-state index contributed by atoms with van der Waals surface area (Å²) in [6.07, 6.45) is 0.401. The number of ether oxygens (including phenoxy) is 1. The highest BCUT2D eigenvalue weighted by Gasteiger charge is 2.51. The number of nitrogens with one attached hydrogen (secondary N) is 1. The fraction of sp³-hybridized carbons (Fsp3) is 0.389. The molecule has 0 spiro atoms. The minimum absolute atomic E-state index is 0.316. The van der Waals surface area contributed by atoms with E-state index >= 15 is 0 Å². The summed E-state index contributed by atoms with van der Waals surface area (Å²) in [7, 11) is 0. The van der Waals surface area contributed by atoms with Crippen molar-refractivity contribution < 1.29 is 30.0 Å². The molecule has 4 unspecified atom stereocenters. The number of hydrogen-bond donors (Lipinski definition) is 5. The maximum atomic E-state index is 12.4. The zero-order chi connectivity index (χ0) is 18.5. The van der Waals surface area contributed by atoms with Gasteiger partial charge in [0.2, 0.25) is 0 Å². The molecule has 0 aliphatic carbocycles. The van der Waals surface area contributed by atoms with Crippen LogP contribution in [0, 0.1) is 5.92 Å². The normalized spacial score (nSPS) is 38.9. The number of amides is 1. The lowest BCUT2D eigenvalue weighted by Gasteiger charge is -2.33. The molecular weight excluding hydrogens is 340 g/mol. The van der Waals surface area contributed by atoms with Crippen molar-refractivity contribution in [3.05, 3.63) is 59.9 Å². The molecule has 3 aliphatic heterocycles. The fourth-order valence-corrected chi connectivity index (χ4v) is 3.69. The Morgan fingerprint density at radius 2 is 1.92 bits per heavy atom. The zero-order valence-corrected chi connectivity index (χ0v) is 13.8. The summed E-state index contributed by atoms with van der Waals surface area (Å²) >= 11 is 0. The third kappa shape index (κ3) is 2.46. The maximum Gasteiger partial charge on any atom is 0.251 e. The molecule has 4 rings (SSSR count). The van der Waals surface area contributed by atoms with Crippen molar-refractivity contribution in [2.45, 2.75) is 30.3 Å². The molecule has 0 radical (unpaired) electrons. The second-order valence-electron chi connectivity index (χ2n) is 6.67. The molecule has 1 aromatic rings. The predicted octanol–water partition coefficient (Wildman–Crippen LogP) is -1.27. The fourth-order valence-electron chi connectivity index (χ4n) is 3.69. The van der Waals surface area contributed by atoms with Gasteiger partial charge in [-0.1, -0.05) is 36.4 Å². The van der Waals surface area contributed by atoms with E-state index < -0.39 is 48.7 Å². The van der Waals surface area contributed by atoms with Crippen LogP contribution in [0.3, 0.4) is 0 Å². The van der Waals surface area contributed by atoms with Crippen LogP contribution in [0.2, 0.25) is 0 Å². The van der Waals surface area contributed by atoms with Crippen LogP contribution in [-0.4, -0.2) is 62.4 Å². The Morgan fingerprint density at radius 1 is 1.19 bits per heavy atom. The van der Waals surface area contributed by atoms with Crippen LogP contribution in [0.15, 0.2) is 54.4 Å². The highest BCUT2D eigenvalue weighted by molar-refractivity contribution is 5.98. The van der Waals surface area contributed by atoms with Gasteiger partial charge in [0.1, 0.15) is 18.3 Å². The molecule has 6 atom stereocenters. The maximum absolute atomic E-state index is 12.4. The van der Waals surface area contributed by atoms with E-state index in [0.717, 1.165) is 0 Å². The van der Waals surface area contributed by atoms with Gasteiger partial charge in [-0.2, -0.15) is 0 Å². The molecule has 138 valence electrons. The van der Waals surface area contributed by atoms with Gasteiger partial charge >= 0.3 is 0 Å². The van der Waals surface area contributed by atoms with E-state index in [1.54, 1.807) is 36.5 Å². The van der Waals surface area contributed by atoms with E-state index in [1.807, 2.05) is 6.07 Å². The van der Waals surface area contributed by atoms with Gasteiger partial charge in [0.15, 0.2) is 12.0 Å². The number of nitrogens with zero attached hydrogens (tertiary/aromatic N) is 1. The number of carbonyl (C=O) groups is 1. The number of rotatable bonds is 3. The van der Waals surface area contributed by atoms with Gasteiger partial charge in [0, 0.05) is 23.5 Å². The number of hydrogen-bond acceptors (Lipinski definition) is 7. The summed E-state index contributed by atoms with van der Waals surface area (Å²) in [5, 5.41) is 42.9. The first-order valence-electron chi connectivity index (χ1n) is 8.36. The van der Waals surface area contributed by atoms with Gasteiger partial charge in [0.25, 0.3) is 5.91 Å². The minimum Gasteiger partial charge on any atom is -0.394 e. The summed E-state index contributed by atoms with van der Waals surface area (Å²) in [6, 6.07) is 8.84. The molecule has 0 saturated carbocycles. The Hall–Kier alpha value is -2.23. The van der Waals surface area contributed by atoms with Gasteiger partial charge in [-0.05, 0) is 0 Å². The van der Waals surface area contributed by atoms with Crippen molar-refractivity contribution in [3.8, 4) is 0 Å². The lowest BCUT2D eigenvalue weighted by atomic mass is 9.86. The molecule has 2 fully saturated rings. The first kappa shape index (κ1) is 17.2. The van der Waals surface area contributed by atoms with E-state index in [2.05, 4.69) is 5.32 Å². The van der Waals surface area contributed by atoms with E-state index in [-0.39, 0.29) is 0 Å². The standard InChI is InChI=1S/C18H20N2O6/c21-9-13-14(22)15(23)17(26-13)20-7-6-12-11(8-20)16(24)19-18(12,25)10-4-2-1-3-5-10/h1-8,12-15,17,21-23,25H,9H2,(H,19,24)/t12?,13-,14?,15?,17-,18?/m1/s1. The van der Waals surface area contributed by atoms with Crippen molar-refractivity contribution >= 4 is 5.91 Å². The average molecular weight is 360 g/mol. The highest BCUT2D eigenvalue weighted by Crippen LogP contribution is 2.41. The molecular formula is C18H20N2O6. The van der Waals surface area contributed by atoms with Crippen molar-refractivity contribution in [3.63, 3.8) is 0 Å². The van der Waals surface area contributed by atoms with E-state index in [9.17, 15) is 25.2 Å². The number of fused-ring (bicyclic) bond motifs is 1. The number of aliphatic hydroxyl groups is 4. The molecule has 0 aromatic heterocycles. The first-order valence-corrected chi connectivity index (χ1v) is 8.36. The Morgan fingerprint density at radius 3 is 2.58 bits per heavy atom. The summed E-state index contributed by atoms with van der Waals surface area (Å²) in [6.45, 7) is -0.431. The lowest BCUT2D eigenvalue weighted by Crippen LogP contribution is -2.43. The van der Waals surface area contributed by atoms with Crippen molar-refractivity contribution in [1.82, 2.24) is 10.2 Å². The van der Waals surface area contributed by atoms with Crippen LogP contribution in [0.25, 0.3) is 0 Å². The molecule has 1 amide bonds. The minimum atomic E-state index is -1.56. The summed E-state index contributed by atoms with van der Waals surface area (Å²) < 4.78 is 5.48. The number of aliphatic hydroxyl groups excluding tert-OH is 3. The van der Waals surface area contributed by atoms with Crippen LogP contribution in [0.5, 0.6) is 0 Å². The molecule has 3 heterocycles. The second kappa shape index (κ2) is 6.19. The quantitative estimate of drug-likeness (QED) is 0.455. The van der Waals surface area contributed by atoms with Crippen LogP contribution in [-0.2, 0) is 15.3 Å². The Labute approximate surface area is 149 Å². The summed E-state index contributed by atoms with van der Waals surface area (Å²) in [5.74, 6) is -1.03. The van der Waals surface area contributed by atoms with Crippen LogP contribution < -0.4 is 5.32 Å². The SMILES string of the molecule is O=C1NC(O)(c2ccccc2)C2C=CN([C@@H]3O[C@H](CO)C(O)C3O)C=C12. The van der Waals surface area contributed by atoms with Gasteiger partial charge in [-0.3, -0.25) is 4.79 Å². The second-order valence-corrected chi connectivity index (χ2v) is 6.67.